The van der Waals surface area contributed by atoms with Crippen molar-refractivity contribution in [3.63, 3.8) is 0 Å². The second kappa shape index (κ2) is 11.7. The Bertz CT molecular complexity index is 1430. The number of rotatable bonds is 10. The molecule has 0 spiro atoms. The Morgan fingerprint density at radius 1 is 1.03 bits per heavy atom. The molecule has 0 saturated heterocycles. The number of halogens is 3. The third kappa shape index (κ3) is 6.92. The fourth-order valence-corrected chi connectivity index (χ4v) is 4.32. The molecule has 196 valence electrons. The molecular weight excluding hydrogens is 511 g/mol. The number of Topliss-reactive ketones (excluding diaryl/α,β-unsaturated/α-hetero) is 1. The van der Waals surface area contributed by atoms with E-state index in [4.69, 9.17) is 17.0 Å². The molecule has 0 aliphatic heterocycles. The Labute approximate surface area is 224 Å². The summed E-state index contributed by atoms with van der Waals surface area (Å²) < 4.78 is 45.0. The first-order valence-electron chi connectivity index (χ1n) is 12.0. The van der Waals surface area contributed by atoms with Crippen LogP contribution in [0.3, 0.4) is 0 Å². The molecule has 9 heteroatoms. The summed E-state index contributed by atoms with van der Waals surface area (Å²) in [7, 11) is 1.63. The monoisotopic (exact) mass is 537 g/mol. The van der Waals surface area contributed by atoms with Crippen molar-refractivity contribution in [2.45, 2.75) is 38.8 Å². The number of carbonyl (C=O) groups is 1. The number of thiocarbonyl (C=S) groups is 1. The molecule has 0 amide bonds. The molecule has 1 heterocycles. The van der Waals surface area contributed by atoms with Gasteiger partial charge < -0.3 is 4.74 Å². The average Bonchev–Trinajstić information content (AvgIpc) is 3.39. The molecule has 0 aliphatic rings. The minimum absolute atomic E-state index is 0.0993. The van der Waals surface area contributed by atoms with E-state index in [1.54, 1.807) is 7.11 Å². The first-order valence-corrected chi connectivity index (χ1v) is 12.4. The molecule has 0 bridgehead atoms. The number of benzene rings is 3. The van der Waals surface area contributed by atoms with Crippen molar-refractivity contribution in [1.29, 1.82) is 0 Å². The maximum Gasteiger partial charge on any atom is 0.416 e. The largest absolute Gasteiger partial charge is 0.497 e. The highest BCUT2D eigenvalue weighted by Gasteiger charge is 2.30. The topological polar surface area (TPSA) is 57.0 Å². The Morgan fingerprint density at radius 2 is 1.74 bits per heavy atom. The van der Waals surface area contributed by atoms with Crippen LogP contribution in [0, 0.1) is 6.92 Å². The lowest BCUT2D eigenvalue weighted by molar-refractivity contribution is -0.137. The van der Waals surface area contributed by atoms with Gasteiger partial charge in [-0.15, -0.1) is 5.10 Å². The van der Waals surface area contributed by atoms with Gasteiger partial charge in [-0.05, 0) is 66.4 Å². The van der Waals surface area contributed by atoms with E-state index in [0.717, 1.165) is 40.1 Å². The van der Waals surface area contributed by atoms with Gasteiger partial charge in [0.15, 0.2) is 5.82 Å². The highest BCUT2D eigenvalue weighted by atomic mass is 32.1. The molecule has 0 fully saturated rings. The zero-order valence-electron chi connectivity index (χ0n) is 21.0. The summed E-state index contributed by atoms with van der Waals surface area (Å²) >= 11 is 5.48. The van der Waals surface area contributed by atoms with E-state index in [9.17, 15) is 18.0 Å². The van der Waals surface area contributed by atoms with E-state index >= 15 is 0 Å². The highest BCUT2D eigenvalue weighted by molar-refractivity contribution is 7.80. The second-order valence-electron chi connectivity index (χ2n) is 8.98. The van der Waals surface area contributed by atoms with Crippen LogP contribution in [0.25, 0.3) is 17.1 Å². The fraction of sp³-hybridized carbons (Fsp3) is 0.241. The minimum Gasteiger partial charge on any atom is -0.497 e. The predicted octanol–water partition coefficient (Wildman–Crippen LogP) is 6.77. The van der Waals surface area contributed by atoms with Crippen molar-refractivity contribution < 1.29 is 22.7 Å². The smallest absolute Gasteiger partial charge is 0.416 e. The maximum atomic E-state index is 12.8. The van der Waals surface area contributed by atoms with Gasteiger partial charge in [0.2, 0.25) is 0 Å². The summed E-state index contributed by atoms with van der Waals surface area (Å²) in [5.74, 6) is 1.34. The molecule has 3 aromatic carbocycles. The number of carbonyl (C=O) groups excluding carboxylic acids is 1. The number of aryl methyl sites for hydroxylation is 2. The molecular formula is C29H26F3N3O2S. The summed E-state index contributed by atoms with van der Waals surface area (Å²) in [6.07, 6.45) is -1.10. The Balaban J connectivity index is 1.29. The molecule has 0 unspecified atom stereocenters. The van der Waals surface area contributed by atoms with Crippen LogP contribution in [0.15, 0.2) is 73.1 Å². The second-order valence-corrected chi connectivity index (χ2v) is 9.55. The van der Waals surface area contributed by atoms with Crippen LogP contribution in [-0.4, -0.2) is 32.5 Å². The van der Waals surface area contributed by atoms with Crippen molar-refractivity contribution in [2.24, 2.45) is 0 Å². The van der Waals surface area contributed by atoms with Crippen LogP contribution in [-0.2, 0) is 23.8 Å². The summed E-state index contributed by atoms with van der Waals surface area (Å²) in [4.78, 5) is 17.5. The SMILES string of the molecule is COc1ccc(CC(=S)CC(=O)CCc2ccc(-c3ncn(-c4ccc(C(F)(F)F)cc4)n3)cc2)c(C)c1. The van der Waals surface area contributed by atoms with E-state index in [-0.39, 0.29) is 12.2 Å². The predicted molar refractivity (Wildman–Crippen MR) is 144 cm³/mol. The number of ether oxygens (including phenoxy) is 1. The lowest BCUT2D eigenvalue weighted by Crippen LogP contribution is -2.10. The van der Waals surface area contributed by atoms with Gasteiger partial charge >= 0.3 is 6.18 Å². The van der Waals surface area contributed by atoms with E-state index < -0.39 is 11.7 Å². The number of methoxy groups -OCH3 is 1. The number of alkyl halides is 3. The van der Waals surface area contributed by atoms with Gasteiger partial charge in [0.05, 0.1) is 18.4 Å². The average molecular weight is 538 g/mol. The fourth-order valence-electron chi connectivity index (χ4n) is 4.00. The third-order valence-electron chi connectivity index (χ3n) is 6.19. The molecule has 0 saturated carbocycles. The quantitative estimate of drug-likeness (QED) is 0.209. The lowest BCUT2D eigenvalue weighted by atomic mass is 9.99. The van der Waals surface area contributed by atoms with Crippen LogP contribution in [0.1, 0.15) is 35.1 Å². The van der Waals surface area contributed by atoms with Crippen LogP contribution >= 0.6 is 12.2 Å². The number of nitrogens with zero attached hydrogens (tertiary/aromatic N) is 3. The molecule has 1 aromatic heterocycles. The number of hydrogen-bond acceptors (Lipinski definition) is 5. The van der Waals surface area contributed by atoms with Crippen molar-refractivity contribution in [2.75, 3.05) is 7.11 Å². The van der Waals surface area contributed by atoms with Crippen LogP contribution in [0.4, 0.5) is 13.2 Å². The number of hydrogen-bond donors (Lipinski definition) is 0. The van der Waals surface area contributed by atoms with Gasteiger partial charge in [-0.1, -0.05) is 42.5 Å². The van der Waals surface area contributed by atoms with Gasteiger partial charge in [-0.25, -0.2) is 9.67 Å². The van der Waals surface area contributed by atoms with Crippen molar-refractivity contribution in [3.8, 4) is 22.8 Å². The van der Waals surface area contributed by atoms with E-state index in [0.29, 0.717) is 35.6 Å². The normalized spacial score (nSPS) is 11.4. The summed E-state index contributed by atoms with van der Waals surface area (Å²) in [5.41, 5.74) is 3.70. The molecule has 4 rings (SSSR count). The molecule has 0 N–H and O–H groups in total. The summed E-state index contributed by atoms with van der Waals surface area (Å²) in [5, 5.41) is 4.38. The van der Waals surface area contributed by atoms with Gasteiger partial charge in [0.25, 0.3) is 0 Å². The summed E-state index contributed by atoms with van der Waals surface area (Å²) in [6, 6.07) is 18.1. The van der Waals surface area contributed by atoms with Crippen LogP contribution in [0.5, 0.6) is 5.75 Å². The number of aromatic nitrogens is 3. The van der Waals surface area contributed by atoms with Crippen LogP contribution in [0.2, 0.25) is 0 Å². The van der Waals surface area contributed by atoms with Gasteiger partial charge in [0, 0.05) is 29.7 Å². The maximum absolute atomic E-state index is 12.8. The molecule has 4 aromatic rings. The lowest BCUT2D eigenvalue weighted by Gasteiger charge is -2.09. The molecule has 38 heavy (non-hydrogen) atoms. The highest BCUT2D eigenvalue weighted by Crippen LogP contribution is 2.29. The first-order chi connectivity index (χ1) is 18.1. The third-order valence-corrected chi connectivity index (χ3v) is 6.48. The van der Waals surface area contributed by atoms with Crippen molar-refractivity contribution in [3.05, 3.63) is 95.3 Å². The zero-order valence-corrected chi connectivity index (χ0v) is 21.8. The first kappa shape index (κ1) is 27.2. The van der Waals surface area contributed by atoms with E-state index in [1.807, 2.05) is 49.4 Å². The zero-order chi connectivity index (χ0) is 27.3. The van der Waals surface area contributed by atoms with Crippen molar-refractivity contribution >= 4 is 22.9 Å². The molecule has 0 aliphatic carbocycles. The molecule has 0 atom stereocenters. The van der Waals surface area contributed by atoms with Gasteiger partial charge in [-0.3, -0.25) is 4.79 Å². The minimum atomic E-state index is -4.39. The Kier molecular flexibility index (Phi) is 8.36. The van der Waals surface area contributed by atoms with Crippen LogP contribution < -0.4 is 4.74 Å². The van der Waals surface area contributed by atoms with E-state index in [2.05, 4.69) is 10.1 Å². The Hall–Kier alpha value is -3.85. The van der Waals surface area contributed by atoms with Crippen molar-refractivity contribution in [1.82, 2.24) is 14.8 Å². The molecule has 0 radical (unpaired) electrons. The standard InChI is InChI=1S/C29H26F3N3O2S/c1-19-15-26(37-2)14-8-22(19)16-27(38)17-25(36)13-5-20-3-6-21(7-4-20)28-33-18-35(34-28)24-11-9-23(10-12-24)29(30,31)32/h3-4,6-12,14-15,18H,5,13,16-17H2,1-2H3. The Morgan fingerprint density at radius 3 is 2.37 bits per heavy atom. The number of ketones is 1. The van der Waals surface area contributed by atoms with Gasteiger partial charge in [0.1, 0.15) is 17.9 Å². The summed E-state index contributed by atoms with van der Waals surface area (Å²) in [6.45, 7) is 2.00. The van der Waals surface area contributed by atoms with E-state index in [1.165, 1.54) is 23.1 Å². The molecule has 5 nitrogen and oxygen atoms in total. The van der Waals surface area contributed by atoms with Gasteiger partial charge in [-0.2, -0.15) is 13.2 Å².